The number of rotatable bonds is 3. The molecule has 1 aliphatic rings. The van der Waals surface area contributed by atoms with Crippen LogP contribution < -0.4 is 5.73 Å². The second-order valence-electron chi connectivity index (χ2n) is 5.03. The Morgan fingerprint density at radius 2 is 2.29 bits per heavy atom. The first-order valence-electron chi connectivity index (χ1n) is 6.12. The third kappa shape index (κ3) is 2.66. The molecule has 94 valence electrons. The lowest BCUT2D eigenvalue weighted by Crippen LogP contribution is -2.47. The van der Waals surface area contributed by atoms with E-state index in [2.05, 4.69) is 23.4 Å². The Morgan fingerprint density at radius 1 is 1.53 bits per heavy atom. The Labute approximate surface area is 102 Å². The SMILES string of the molecule is CC(C)CC(N)C(=O)N1CCn2ccnc2C1. The number of carbonyl (C=O) groups is 1. The highest BCUT2D eigenvalue weighted by molar-refractivity contribution is 5.81. The number of amides is 1. The van der Waals surface area contributed by atoms with Crippen molar-refractivity contribution in [2.24, 2.45) is 11.7 Å². The first kappa shape index (κ1) is 12.1. The maximum Gasteiger partial charge on any atom is 0.239 e. The summed E-state index contributed by atoms with van der Waals surface area (Å²) < 4.78 is 2.08. The van der Waals surface area contributed by atoms with E-state index in [0.29, 0.717) is 12.5 Å². The second-order valence-corrected chi connectivity index (χ2v) is 5.03. The fraction of sp³-hybridized carbons (Fsp3) is 0.667. The minimum atomic E-state index is -0.378. The van der Waals surface area contributed by atoms with Crippen LogP contribution in [-0.2, 0) is 17.9 Å². The fourth-order valence-corrected chi connectivity index (χ4v) is 2.20. The maximum absolute atomic E-state index is 12.1. The molecule has 0 saturated carbocycles. The number of hydrogen-bond donors (Lipinski definition) is 1. The summed E-state index contributed by atoms with van der Waals surface area (Å²) in [5.74, 6) is 1.44. The van der Waals surface area contributed by atoms with E-state index >= 15 is 0 Å². The number of fused-ring (bicyclic) bond motifs is 1. The Morgan fingerprint density at radius 3 is 3.00 bits per heavy atom. The van der Waals surface area contributed by atoms with Crippen molar-refractivity contribution in [2.75, 3.05) is 6.54 Å². The van der Waals surface area contributed by atoms with E-state index in [4.69, 9.17) is 5.73 Å². The zero-order valence-electron chi connectivity index (χ0n) is 10.5. The van der Waals surface area contributed by atoms with E-state index in [9.17, 15) is 4.79 Å². The third-order valence-electron chi connectivity index (χ3n) is 3.10. The van der Waals surface area contributed by atoms with Gasteiger partial charge in [0, 0.05) is 25.5 Å². The maximum atomic E-state index is 12.1. The van der Waals surface area contributed by atoms with Gasteiger partial charge in [0.1, 0.15) is 5.82 Å². The molecular formula is C12H20N4O. The molecule has 2 heterocycles. The Balaban J connectivity index is 1.98. The molecule has 0 aliphatic carbocycles. The van der Waals surface area contributed by atoms with Crippen LogP contribution in [0.15, 0.2) is 12.4 Å². The monoisotopic (exact) mass is 236 g/mol. The molecule has 1 aliphatic heterocycles. The molecule has 17 heavy (non-hydrogen) atoms. The second kappa shape index (κ2) is 4.87. The number of carbonyl (C=O) groups excluding carboxylic acids is 1. The quantitative estimate of drug-likeness (QED) is 0.835. The largest absolute Gasteiger partial charge is 0.332 e. The van der Waals surface area contributed by atoms with Crippen molar-refractivity contribution in [3.63, 3.8) is 0 Å². The number of aromatic nitrogens is 2. The molecule has 0 spiro atoms. The van der Waals surface area contributed by atoms with Crippen LogP contribution in [0.1, 0.15) is 26.1 Å². The predicted molar refractivity (Wildman–Crippen MR) is 65.1 cm³/mol. The summed E-state index contributed by atoms with van der Waals surface area (Å²) in [5.41, 5.74) is 5.93. The van der Waals surface area contributed by atoms with E-state index in [0.717, 1.165) is 25.3 Å². The topological polar surface area (TPSA) is 64.2 Å². The van der Waals surface area contributed by atoms with Crippen LogP contribution in [0.2, 0.25) is 0 Å². The van der Waals surface area contributed by atoms with Gasteiger partial charge in [-0.25, -0.2) is 4.98 Å². The minimum Gasteiger partial charge on any atom is -0.332 e. The van der Waals surface area contributed by atoms with Crippen LogP contribution in [-0.4, -0.2) is 32.9 Å². The van der Waals surface area contributed by atoms with Gasteiger partial charge in [-0.05, 0) is 12.3 Å². The van der Waals surface area contributed by atoms with E-state index in [-0.39, 0.29) is 11.9 Å². The molecule has 0 bridgehead atoms. The fourth-order valence-electron chi connectivity index (χ4n) is 2.20. The van der Waals surface area contributed by atoms with Crippen molar-refractivity contribution in [3.05, 3.63) is 18.2 Å². The molecule has 0 aromatic carbocycles. The van der Waals surface area contributed by atoms with E-state index in [1.807, 2.05) is 11.1 Å². The molecule has 1 aromatic rings. The van der Waals surface area contributed by atoms with E-state index < -0.39 is 0 Å². The zero-order chi connectivity index (χ0) is 12.4. The van der Waals surface area contributed by atoms with Crippen molar-refractivity contribution in [3.8, 4) is 0 Å². The van der Waals surface area contributed by atoms with Crippen molar-refractivity contribution in [1.82, 2.24) is 14.5 Å². The Kier molecular flexibility index (Phi) is 3.47. The number of hydrogen-bond acceptors (Lipinski definition) is 3. The van der Waals surface area contributed by atoms with Gasteiger partial charge in [0.05, 0.1) is 12.6 Å². The third-order valence-corrected chi connectivity index (χ3v) is 3.10. The lowest BCUT2D eigenvalue weighted by atomic mass is 10.0. The lowest BCUT2D eigenvalue weighted by Gasteiger charge is -2.30. The summed E-state index contributed by atoms with van der Waals surface area (Å²) in [6.07, 6.45) is 4.46. The average molecular weight is 236 g/mol. The van der Waals surface area contributed by atoms with E-state index in [1.54, 1.807) is 6.20 Å². The van der Waals surface area contributed by atoms with Crippen LogP contribution in [0, 0.1) is 5.92 Å². The van der Waals surface area contributed by atoms with Gasteiger partial charge >= 0.3 is 0 Å². The predicted octanol–water partition coefficient (Wildman–Crippen LogP) is 0.599. The highest BCUT2D eigenvalue weighted by Gasteiger charge is 2.25. The molecule has 1 atom stereocenters. The highest BCUT2D eigenvalue weighted by Crippen LogP contribution is 2.13. The van der Waals surface area contributed by atoms with Gasteiger partial charge in [0.25, 0.3) is 0 Å². The van der Waals surface area contributed by atoms with Gasteiger partial charge in [-0.3, -0.25) is 4.79 Å². The smallest absolute Gasteiger partial charge is 0.239 e. The van der Waals surface area contributed by atoms with Crippen LogP contribution in [0.4, 0.5) is 0 Å². The average Bonchev–Trinajstić information content (AvgIpc) is 2.73. The van der Waals surface area contributed by atoms with Gasteiger partial charge in [-0.1, -0.05) is 13.8 Å². The summed E-state index contributed by atoms with van der Waals surface area (Å²) in [7, 11) is 0. The van der Waals surface area contributed by atoms with E-state index in [1.165, 1.54) is 0 Å². The van der Waals surface area contributed by atoms with Crippen LogP contribution in [0.5, 0.6) is 0 Å². The molecule has 1 aromatic heterocycles. The Hall–Kier alpha value is -1.36. The molecule has 1 amide bonds. The number of imidazole rings is 1. The van der Waals surface area contributed by atoms with Crippen LogP contribution in [0.3, 0.4) is 0 Å². The molecular weight excluding hydrogens is 216 g/mol. The Bertz CT molecular complexity index is 399. The number of nitrogens with two attached hydrogens (primary N) is 1. The van der Waals surface area contributed by atoms with Crippen molar-refractivity contribution in [2.45, 2.75) is 39.4 Å². The van der Waals surface area contributed by atoms with Gasteiger partial charge in [0.2, 0.25) is 5.91 Å². The summed E-state index contributed by atoms with van der Waals surface area (Å²) in [5, 5.41) is 0. The highest BCUT2D eigenvalue weighted by atomic mass is 16.2. The van der Waals surface area contributed by atoms with Crippen molar-refractivity contribution < 1.29 is 4.79 Å². The first-order valence-corrected chi connectivity index (χ1v) is 6.12. The van der Waals surface area contributed by atoms with Crippen molar-refractivity contribution >= 4 is 5.91 Å². The first-order chi connectivity index (χ1) is 8.08. The summed E-state index contributed by atoms with van der Waals surface area (Å²) in [6, 6.07) is -0.378. The number of nitrogens with zero attached hydrogens (tertiary/aromatic N) is 3. The molecule has 5 nitrogen and oxygen atoms in total. The zero-order valence-corrected chi connectivity index (χ0v) is 10.5. The minimum absolute atomic E-state index is 0.0490. The van der Waals surface area contributed by atoms with Crippen LogP contribution >= 0.6 is 0 Å². The van der Waals surface area contributed by atoms with Gasteiger partial charge in [0.15, 0.2) is 0 Å². The van der Waals surface area contributed by atoms with Gasteiger partial charge < -0.3 is 15.2 Å². The normalized spacial score (nSPS) is 17.1. The summed E-state index contributed by atoms with van der Waals surface area (Å²) >= 11 is 0. The molecule has 2 rings (SSSR count). The molecule has 2 N–H and O–H groups in total. The summed E-state index contributed by atoms with van der Waals surface area (Å²) in [6.45, 7) is 6.28. The van der Waals surface area contributed by atoms with Crippen molar-refractivity contribution in [1.29, 1.82) is 0 Å². The molecule has 0 saturated heterocycles. The standard InChI is InChI=1S/C12H20N4O/c1-9(2)7-10(13)12(17)16-6-5-15-4-3-14-11(15)8-16/h3-4,9-10H,5-8,13H2,1-2H3. The summed E-state index contributed by atoms with van der Waals surface area (Å²) in [4.78, 5) is 18.2. The lowest BCUT2D eigenvalue weighted by molar-refractivity contribution is -0.134. The molecule has 0 radical (unpaired) electrons. The molecule has 5 heteroatoms. The van der Waals surface area contributed by atoms with Gasteiger partial charge in [-0.2, -0.15) is 0 Å². The molecule has 0 fully saturated rings. The van der Waals surface area contributed by atoms with Crippen LogP contribution in [0.25, 0.3) is 0 Å². The van der Waals surface area contributed by atoms with Gasteiger partial charge in [-0.15, -0.1) is 0 Å². The molecule has 1 unspecified atom stereocenters.